The van der Waals surface area contributed by atoms with Crippen LogP contribution in [0.2, 0.25) is 0 Å². The van der Waals surface area contributed by atoms with E-state index in [-0.39, 0.29) is 11.8 Å². The summed E-state index contributed by atoms with van der Waals surface area (Å²) in [5, 5.41) is 6.66. The van der Waals surface area contributed by atoms with Gasteiger partial charge in [0.15, 0.2) is 0 Å². The first kappa shape index (κ1) is 14.7. The van der Waals surface area contributed by atoms with E-state index in [1.807, 2.05) is 36.4 Å². The molecule has 4 rings (SSSR count). The largest absolute Gasteiger partial charge is 0.324 e. The summed E-state index contributed by atoms with van der Waals surface area (Å²) in [5.74, 6) is 0.115. The zero-order valence-electron chi connectivity index (χ0n) is 12.6. The summed E-state index contributed by atoms with van der Waals surface area (Å²) in [4.78, 5) is 29.4. The number of pyridine rings is 1. The number of anilines is 2. The molecule has 1 aliphatic rings. The molecule has 0 saturated heterocycles. The van der Waals surface area contributed by atoms with Crippen LogP contribution in [0, 0.1) is 0 Å². The second kappa shape index (κ2) is 5.98. The summed E-state index contributed by atoms with van der Waals surface area (Å²) in [5.41, 5.74) is 2.58. The maximum Gasteiger partial charge on any atom is 0.255 e. The van der Waals surface area contributed by atoms with Crippen molar-refractivity contribution in [2.75, 3.05) is 16.4 Å². The number of amides is 2. The lowest BCUT2D eigenvalue weighted by Crippen LogP contribution is -2.20. The second-order valence-electron chi connectivity index (χ2n) is 5.38. The van der Waals surface area contributed by atoms with E-state index in [1.165, 1.54) is 11.8 Å². The van der Waals surface area contributed by atoms with Crippen LogP contribution in [0.1, 0.15) is 10.4 Å². The number of fused-ring (bicyclic) bond motifs is 2. The summed E-state index contributed by atoms with van der Waals surface area (Å²) in [7, 11) is 0. The van der Waals surface area contributed by atoms with E-state index in [1.54, 1.807) is 18.3 Å². The van der Waals surface area contributed by atoms with Crippen molar-refractivity contribution in [1.29, 1.82) is 0 Å². The number of hydrogen-bond acceptors (Lipinski definition) is 4. The predicted octanol–water partition coefficient (Wildman–Crippen LogP) is 3.53. The van der Waals surface area contributed by atoms with Crippen molar-refractivity contribution in [1.82, 2.24) is 4.98 Å². The molecule has 0 bridgehead atoms. The lowest BCUT2D eigenvalue weighted by molar-refractivity contribution is -0.113. The Kier molecular flexibility index (Phi) is 3.66. The molecule has 2 amide bonds. The molecule has 0 spiro atoms. The Morgan fingerprint density at radius 1 is 1.17 bits per heavy atom. The van der Waals surface area contributed by atoms with Crippen molar-refractivity contribution in [3.63, 3.8) is 0 Å². The zero-order chi connectivity index (χ0) is 16.5. The third-order valence-electron chi connectivity index (χ3n) is 3.76. The number of para-hydroxylation sites is 1. The molecule has 0 radical (unpaired) electrons. The van der Waals surface area contributed by atoms with Crippen LogP contribution in [0.3, 0.4) is 0 Å². The molecular formula is C18H13N3O2S. The van der Waals surface area contributed by atoms with E-state index in [4.69, 9.17) is 0 Å². The molecule has 6 heteroatoms. The summed E-state index contributed by atoms with van der Waals surface area (Å²) in [6.07, 6.45) is 1.70. The molecule has 2 aromatic carbocycles. The minimum absolute atomic E-state index is 0.0525. The number of carbonyl (C=O) groups excluding carboxylic acids is 2. The quantitative estimate of drug-likeness (QED) is 0.751. The van der Waals surface area contributed by atoms with E-state index >= 15 is 0 Å². The predicted molar refractivity (Wildman–Crippen MR) is 95.5 cm³/mol. The first-order chi connectivity index (χ1) is 11.7. The van der Waals surface area contributed by atoms with Gasteiger partial charge in [0.2, 0.25) is 5.91 Å². The fourth-order valence-electron chi connectivity index (χ4n) is 2.62. The number of benzene rings is 2. The fraction of sp³-hybridized carbons (Fsp3) is 0.0556. The molecule has 0 aliphatic carbocycles. The summed E-state index contributed by atoms with van der Waals surface area (Å²) < 4.78 is 0. The lowest BCUT2D eigenvalue weighted by Gasteiger charge is -2.17. The van der Waals surface area contributed by atoms with Gasteiger partial charge >= 0.3 is 0 Å². The van der Waals surface area contributed by atoms with Crippen LogP contribution in [-0.2, 0) is 4.79 Å². The van der Waals surface area contributed by atoms with Crippen LogP contribution in [-0.4, -0.2) is 22.6 Å². The third-order valence-corrected chi connectivity index (χ3v) is 4.83. The van der Waals surface area contributed by atoms with Gasteiger partial charge in [-0.05, 0) is 30.3 Å². The number of rotatable bonds is 2. The topological polar surface area (TPSA) is 71.1 Å². The Labute approximate surface area is 142 Å². The van der Waals surface area contributed by atoms with E-state index in [0.717, 1.165) is 15.8 Å². The highest BCUT2D eigenvalue weighted by Crippen LogP contribution is 2.32. The highest BCUT2D eigenvalue weighted by molar-refractivity contribution is 8.00. The van der Waals surface area contributed by atoms with Crippen molar-refractivity contribution < 1.29 is 9.59 Å². The van der Waals surface area contributed by atoms with Crippen LogP contribution in [0.4, 0.5) is 11.4 Å². The van der Waals surface area contributed by atoms with Gasteiger partial charge in [-0.25, -0.2) is 0 Å². The Morgan fingerprint density at radius 2 is 2.04 bits per heavy atom. The molecule has 0 atom stereocenters. The molecule has 1 aliphatic heterocycles. The van der Waals surface area contributed by atoms with Gasteiger partial charge in [0.1, 0.15) is 0 Å². The number of nitrogens with one attached hydrogen (secondary N) is 2. The average Bonchev–Trinajstić information content (AvgIpc) is 2.61. The first-order valence-corrected chi connectivity index (χ1v) is 8.41. The highest BCUT2D eigenvalue weighted by atomic mass is 32.2. The van der Waals surface area contributed by atoms with Crippen molar-refractivity contribution in [2.24, 2.45) is 0 Å². The van der Waals surface area contributed by atoms with E-state index in [2.05, 4.69) is 15.6 Å². The van der Waals surface area contributed by atoms with E-state index < -0.39 is 0 Å². The number of carbonyl (C=O) groups is 2. The molecule has 118 valence electrons. The Balaban J connectivity index is 1.64. The Morgan fingerprint density at radius 3 is 2.96 bits per heavy atom. The highest BCUT2D eigenvalue weighted by Gasteiger charge is 2.17. The molecular weight excluding hydrogens is 322 g/mol. The van der Waals surface area contributed by atoms with E-state index in [0.29, 0.717) is 22.7 Å². The second-order valence-corrected chi connectivity index (χ2v) is 6.40. The van der Waals surface area contributed by atoms with Gasteiger partial charge in [-0.2, -0.15) is 0 Å². The molecule has 0 fully saturated rings. The molecule has 3 aromatic rings. The van der Waals surface area contributed by atoms with Crippen LogP contribution in [0.15, 0.2) is 59.6 Å². The number of hydrogen-bond donors (Lipinski definition) is 2. The van der Waals surface area contributed by atoms with Gasteiger partial charge in [0.25, 0.3) is 5.91 Å². The monoisotopic (exact) mass is 335 g/mol. The maximum absolute atomic E-state index is 12.6. The summed E-state index contributed by atoms with van der Waals surface area (Å²) in [6.45, 7) is 0. The van der Waals surface area contributed by atoms with Crippen molar-refractivity contribution >= 4 is 45.9 Å². The average molecular weight is 335 g/mol. The van der Waals surface area contributed by atoms with Crippen molar-refractivity contribution in [3.05, 3.63) is 60.3 Å². The van der Waals surface area contributed by atoms with Crippen molar-refractivity contribution in [3.8, 4) is 0 Å². The van der Waals surface area contributed by atoms with Gasteiger partial charge < -0.3 is 10.6 Å². The number of aromatic nitrogens is 1. The fourth-order valence-corrected chi connectivity index (χ4v) is 3.41. The minimum atomic E-state index is -0.235. The molecule has 24 heavy (non-hydrogen) atoms. The summed E-state index contributed by atoms with van der Waals surface area (Å²) >= 11 is 1.47. The van der Waals surface area contributed by atoms with Gasteiger partial charge in [0.05, 0.1) is 22.6 Å². The van der Waals surface area contributed by atoms with E-state index in [9.17, 15) is 9.59 Å². The van der Waals surface area contributed by atoms with Gasteiger partial charge in [-0.3, -0.25) is 14.6 Å². The van der Waals surface area contributed by atoms with Gasteiger partial charge in [-0.15, -0.1) is 11.8 Å². The molecule has 1 aromatic heterocycles. The maximum atomic E-state index is 12.6. The smallest absolute Gasteiger partial charge is 0.255 e. The van der Waals surface area contributed by atoms with Gasteiger partial charge in [-0.1, -0.05) is 18.2 Å². The van der Waals surface area contributed by atoms with Crippen LogP contribution in [0.5, 0.6) is 0 Å². The normalized spacial score (nSPS) is 13.2. The summed E-state index contributed by atoms with van der Waals surface area (Å²) in [6, 6.07) is 14.8. The Bertz CT molecular complexity index is 966. The zero-order valence-corrected chi connectivity index (χ0v) is 13.4. The number of thioether (sulfide) groups is 1. The first-order valence-electron chi connectivity index (χ1n) is 7.42. The molecule has 2 heterocycles. The molecule has 0 unspecified atom stereocenters. The van der Waals surface area contributed by atoms with Crippen LogP contribution >= 0.6 is 11.8 Å². The van der Waals surface area contributed by atoms with Crippen LogP contribution < -0.4 is 10.6 Å². The lowest BCUT2D eigenvalue weighted by atomic mass is 10.1. The van der Waals surface area contributed by atoms with Gasteiger partial charge in [0, 0.05) is 22.0 Å². The molecule has 2 N–H and O–H groups in total. The standard InChI is InChI=1S/C18H13N3O2S/c22-16-10-24-15-7-6-12(9-14(15)20-16)18(23)21-13-5-1-3-11-4-2-8-19-17(11)13/h1-9H,10H2,(H,20,22)(H,21,23). The molecule has 0 saturated carbocycles. The van der Waals surface area contributed by atoms with Crippen LogP contribution in [0.25, 0.3) is 10.9 Å². The minimum Gasteiger partial charge on any atom is -0.324 e. The van der Waals surface area contributed by atoms with Crippen molar-refractivity contribution in [2.45, 2.75) is 4.90 Å². The Hall–Kier alpha value is -2.86. The molecule has 5 nitrogen and oxygen atoms in total. The number of nitrogens with zero attached hydrogens (tertiary/aromatic N) is 1. The third kappa shape index (κ3) is 2.72. The SMILES string of the molecule is O=C1CSc2ccc(C(=O)Nc3cccc4cccnc34)cc2N1.